The Morgan fingerprint density at radius 1 is 0.750 bits per heavy atom. The molecule has 0 spiro atoms. The Bertz CT molecular complexity index is 1630. The Balaban J connectivity index is 1.70. The van der Waals surface area contributed by atoms with Crippen LogP contribution >= 0.6 is 0 Å². The molecule has 14 N–H and O–H groups in total. The number of amides is 4. The van der Waals surface area contributed by atoms with Gasteiger partial charge in [-0.05, 0) is 68.7 Å². The molecule has 3 rings (SSSR count). The number of unbranched alkanes of at least 4 members (excludes halogenated alkanes) is 1. The van der Waals surface area contributed by atoms with Crippen LogP contribution in [0, 0.1) is 5.41 Å². The van der Waals surface area contributed by atoms with E-state index in [1.54, 1.807) is 6.20 Å². The van der Waals surface area contributed by atoms with Crippen LogP contribution in [0.4, 0.5) is 0 Å². The van der Waals surface area contributed by atoms with Crippen molar-refractivity contribution in [3.8, 4) is 0 Å². The molecular formula is C36H52N10O6. The van der Waals surface area contributed by atoms with E-state index in [1.807, 2.05) is 54.6 Å². The summed E-state index contributed by atoms with van der Waals surface area (Å²) in [4.78, 5) is 67.8. The second-order valence-electron chi connectivity index (χ2n) is 12.6. The van der Waals surface area contributed by atoms with Crippen LogP contribution in [-0.2, 0) is 36.8 Å². The predicted molar refractivity (Wildman–Crippen MR) is 198 cm³/mol. The third kappa shape index (κ3) is 14.0. The van der Waals surface area contributed by atoms with Crippen LogP contribution in [-0.4, -0.2) is 89.4 Å². The van der Waals surface area contributed by atoms with Gasteiger partial charge in [-0.3, -0.25) is 24.6 Å². The number of carboxylic acid groups (broad SMARTS) is 1. The normalized spacial score (nSPS) is 13.3. The maximum atomic E-state index is 13.8. The molecule has 282 valence electrons. The van der Waals surface area contributed by atoms with Crippen molar-refractivity contribution in [2.75, 3.05) is 19.6 Å². The molecule has 0 unspecified atom stereocenters. The molecule has 16 heteroatoms. The molecule has 1 heterocycles. The maximum Gasteiger partial charge on any atom is 0.326 e. The number of para-hydroxylation sites is 1. The van der Waals surface area contributed by atoms with E-state index in [9.17, 15) is 29.1 Å². The minimum absolute atomic E-state index is 0.0218. The van der Waals surface area contributed by atoms with Crippen molar-refractivity contribution < 1.29 is 29.1 Å². The van der Waals surface area contributed by atoms with Gasteiger partial charge in [0.1, 0.15) is 18.1 Å². The Morgan fingerprint density at radius 3 is 2.13 bits per heavy atom. The van der Waals surface area contributed by atoms with E-state index in [-0.39, 0.29) is 57.6 Å². The van der Waals surface area contributed by atoms with Gasteiger partial charge in [0.15, 0.2) is 5.96 Å². The van der Waals surface area contributed by atoms with E-state index >= 15 is 0 Å². The highest BCUT2D eigenvalue weighted by atomic mass is 16.4. The molecule has 1 aromatic heterocycles. The molecule has 0 saturated carbocycles. The first kappa shape index (κ1) is 40.9. The number of guanidine groups is 1. The van der Waals surface area contributed by atoms with Gasteiger partial charge in [0, 0.05) is 43.0 Å². The molecule has 0 aliphatic rings. The first-order valence-corrected chi connectivity index (χ1v) is 17.5. The molecule has 4 atom stereocenters. The third-order valence-corrected chi connectivity index (χ3v) is 8.45. The molecule has 0 fully saturated rings. The summed E-state index contributed by atoms with van der Waals surface area (Å²) >= 11 is 0. The third-order valence-electron chi connectivity index (χ3n) is 8.45. The van der Waals surface area contributed by atoms with Crippen molar-refractivity contribution in [1.29, 1.82) is 5.41 Å². The molecule has 16 nitrogen and oxygen atoms in total. The fourth-order valence-electron chi connectivity index (χ4n) is 5.64. The number of rotatable bonds is 23. The number of carboxylic acids is 1. The van der Waals surface area contributed by atoms with Crippen molar-refractivity contribution in [3.63, 3.8) is 0 Å². The molecule has 0 aliphatic heterocycles. The number of carbonyl (C=O) groups excluding carboxylic acids is 4. The largest absolute Gasteiger partial charge is 0.480 e. The molecule has 52 heavy (non-hydrogen) atoms. The standard InChI is InChI=1S/C36H52N10O6/c37-17-7-6-14-29(35(51)52)44-31(47)16-9-18-41-33(49)30(21-24-22-43-27-13-5-4-12-25(24)27)46-34(50)28(15-8-19-42-36(39)40)45-32(48)26(38)20-23-10-2-1-3-11-23/h1-5,10-13,22,26,28-30,43H,6-9,14-21,37-38H2,(H,41,49)(H,44,47)(H,45,48)(H,46,50)(H,51,52)(H4,39,40,42)/t26-,28-,29-,30-/m0/s1. The van der Waals surface area contributed by atoms with Crippen LogP contribution in [0.3, 0.4) is 0 Å². The summed E-state index contributed by atoms with van der Waals surface area (Å²) in [6.07, 6.45) is 4.34. The lowest BCUT2D eigenvalue weighted by Crippen LogP contribution is -2.56. The maximum absolute atomic E-state index is 13.8. The van der Waals surface area contributed by atoms with E-state index in [1.165, 1.54) is 0 Å². The summed E-state index contributed by atoms with van der Waals surface area (Å²) in [5.41, 5.74) is 19.6. The van der Waals surface area contributed by atoms with Gasteiger partial charge in [0.25, 0.3) is 0 Å². The summed E-state index contributed by atoms with van der Waals surface area (Å²) in [7, 11) is 0. The highest BCUT2D eigenvalue weighted by Crippen LogP contribution is 2.19. The van der Waals surface area contributed by atoms with Gasteiger partial charge < -0.3 is 53.9 Å². The second-order valence-corrected chi connectivity index (χ2v) is 12.6. The number of aliphatic carboxylic acids is 1. The monoisotopic (exact) mass is 720 g/mol. The van der Waals surface area contributed by atoms with Crippen LogP contribution in [0.25, 0.3) is 10.9 Å². The lowest BCUT2D eigenvalue weighted by atomic mass is 10.0. The van der Waals surface area contributed by atoms with E-state index < -0.39 is 53.8 Å². The highest BCUT2D eigenvalue weighted by Gasteiger charge is 2.29. The second kappa shape index (κ2) is 21.7. The number of nitrogens with two attached hydrogens (primary N) is 3. The number of aromatic amines is 1. The minimum atomic E-state index is -1.13. The highest BCUT2D eigenvalue weighted by molar-refractivity contribution is 5.94. The zero-order valence-corrected chi connectivity index (χ0v) is 29.3. The van der Waals surface area contributed by atoms with Crippen molar-refractivity contribution in [2.45, 2.75) is 82.0 Å². The van der Waals surface area contributed by atoms with Crippen molar-refractivity contribution >= 4 is 46.5 Å². The van der Waals surface area contributed by atoms with E-state index in [4.69, 9.17) is 22.6 Å². The first-order chi connectivity index (χ1) is 25.0. The molecule has 3 aromatic rings. The van der Waals surface area contributed by atoms with E-state index in [0.29, 0.717) is 25.8 Å². The fourth-order valence-corrected chi connectivity index (χ4v) is 5.64. The number of fused-ring (bicyclic) bond motifs is 1. The number of nitrogens with one attached hydrogen (secondary N) is 7. The van der Waals surface area contributed by atoms with Gasteiger partial charge >= 0.3 is 5.97 Å². The summed E-state index contributed by atoms with van der Waals surface area (Å²) in [5.74, 6) is -3.46. The number of hydrogen-bond acceptors (Lipinski definition) is 8. The number of aromatic nitrogens is 1. The lowest BCUT2D eigenvalue weighted by molar-refractivity contribution is -0.142. The molecule has 0 bridgehead atoms. The van der Waals surface area contributed by atoms with Crippen LogP contribution < -0.4 is 43.8 Å². The Labute approximate surface area is 302 Å². The quantitative estimate of drug-likeness (QED) is 0.0357. The summed E-state index contributed by atoms with van der Waals surface area (Å²) in [6, 6.07) is 12.7. The average Bonchev–Trinajstić information content (AvgIpc) is 3.53. The topological polar surface area (TPSA) is 283 Å². The minimum Gasteiger partial charge on any atom is -0.480 e. The lowest BCUT2D eigenvalue weighted by Gasteiger charge is -2.24. The Hall–Kier alpha value is -5.48. The van der Waals surface area contributed by atoms with Gasteiger partial charge in [0.05, 0.1) is 6.04 Å². The first-order valence-electron chi connectivity index (χ1n) is 17.5. The van der Waals surface area contributed by atoms with Crippen LogP contribution in [0.5, 0.6) is 0 Å². The number of hydrogen-bond donors (Lipinski definition) is 11. The van der Waals surface area contributed by atoms with Crippen molar-refractivity contribution in [3.05, 3.63) is 71.9 Å². The predicted octanol–water partition coefficient (Wildman–Crippen LogP) is 0.108. The molecule has 2 aromatic carbocycles. The van der Waals surface area contributed by atoms with Crippen LogP contribution in [0.2, 0.25) is 0 Å². The SMILES string of the molecule is N=C(N)NCCC[C@H](NC(=O)[C@@H](N)Cc1ccccc1)C(=O)N[C@@H](Cc1c[nH]c2ccccc12)C(=O)NCCCC(=O)N[C@@H](CCCCN)C(=O)O. The number of H-pyrrole nitrogens is 1. The summed E-state index contributed by atoms with van der Waals surface area (Å²) < 4.78 is 0. The van der Waals surface area contributed by atoms with Crippen LogP contribution in [0.1, 0.15) is 56.1 Å². The van der Waals surface area contributed by atoms with E-state index in [2.05, 4.69) is 31.6 Å². The Morgan fingerprint density at radius 2 is 1.42 bits per heavy atom. The average molecular weight is 721 g/mol. The van der Waals surface area contributed by atoms with Gasteiger partial charge in [0.2, 0.25) is 23.6 Å². The van der Waals surface area contributed by atoms with Gasteiger partial charge in [-0.1, -0.05) is 48.5 Å². The van der Waals surface area contributed by atoms with Crippen molar-refractivity contribution in [1.82, 2.24) is 31.6 Å². The van der Waals surface area contributed by atoms with E-state index in [0.717, 1.165) is 22.0 Å². The molecule has 0 radical (unpaired) electrons. The summed E-state index contributed by atoms with van der Waals surface area (Å²) in [5, 5.41) is 31.3. The van der Waals surface area contributed by atoms with Gasteiger partial charge in [-0.2, -0.15) is 0 Å². The zero-order valence-electron chi connectivity index (χ0n) is 29.3. The van der Waals surface area contributed by atoms with Gasteiger partial charge in [-0.15, -0.1) is 0 Å². The molecule has 4 amide bonds. The molecular weight excluding hydrogens is 668 g/mol. The fraction of sp³-hybridized carbons (Fsp3) is 0.444. The smallest absolute Gasteiger partial charge is 0.326 e. The number of benzene rings is 2. The zero-order chi connectivity index (χ0) is 37.9. The molecule has 0 aliphatic carbocycles. The number of carbonyl (C=O) groups is 5. The molecule has 0 saturated heterocycles. The van der Waals surface area contributed by atoms with Gasteiger partial charge in [-0.25, -0.2) is 4.79 Å². The van der Waals surface area contributed by atoms with Crippen molar-refractivity contribution in [2.24, 2.45) is 17.2 Å². The summed E-state index contributed by atoms with van der Waals surface area (Å²) in [6.45, 7) is 0.792. The Kier molecular flexibility index (Phi) is 17.1. The van der Waals surface area contributed by atoms with Crippen LogP contribution in [0.15, 0.2) is 60.8 Å².